The van der Waals surface area contributed by atoms with Crippen molar-refractivity contribution in [3.8, 4) is 6.01 Å². The lowest BCUT2D eigenvalue weighted by Crippen LogP contribution is -2.55. The Morgan fingerprint density at radius 2 is 1.72 bits per heavy atom. The van der Waals surface area contributed by atoms with Crippen molar-refractivity contribution in [2.24, 2.45) is 5.92 Å². The Bertz CT molecular complexity index is 915. The molecule has 1 aromatic rings. The molecule has 1 aromatic heterocycles. The van der Waals surface area contributed by atoms with Crippen LogP contribution in [0.4, 0.5) is 4.79 Å². The summed E-state index contributed by atoms with van der Waals surface area (Å²) < 4.78 is 23.5. The first-order valence-electron chi connectivity index (χ1n) is 12.7. The van der Waals surface area contributed by atoms with E-state index in [9.17, 15) is 9.59 Å². The highest BCUT2D eigenvalue weighted by Crippen LogP contribution is 2.36. The molecule has 0 radical (unpaired) electrons. The molecule has 36 heavy (non-hydrogen) atoms. The van der Waals surface area contributed by atoms with Crippen LogP contribution in [0.15, 0.2) is 12.4 Å². The van der Waals surface area contributed by atoms with E-state index in [0.717, 1.165) is 18.3 Å². The molecule has 0 spiro atoms. The average molecular weight is 504 g/mol. The van der Waals surface area contributed by atoms with Crippen LogP contribution in [0.2, 0.25) is 0 Å². The number of ether oxygens (including phenoxy) is 2. The van der Waals surface area contributed by atoms with E-state index in [1.165, 1.54) is 0 Å². The fraction of sp³-hybridized carbons (Fsp3) is 0.760. The molecule has 3 heterocycles. The normalized spacial score (nSPS) is 22.3. The van der Waals surface area contributed by atoms with Gasteiger partial charge in [-0.1, -0.05) is 13.8 Å². The lowest BCUT2D eigenvalue weighted by Gasteiger charge is -2.35. The zero-order chi connectivity index (χ0) is 26.9. The second-order valence-corrected chi connectivity index (χ2v) is 11.9. The highest BCUT2D eigenvalue weighted by Gasteiger charge is 2.52. The van der Waals surface area contributed by atoms with Gasteiger partial charge in [-0.3, -0.25) is 4.79 Å². The number of rotatable bonds is 6. The van der Waals surface area contributed by atoms with Gasteiger partial charge in [-0.2, -0.15) is 0 Å². The minimum atomic E-state index is -0.686. The topological polar surface area (TPSA) is 112 Å². The summed E-state index contributed by atoms with van der Waals surface area (Å²) in [6, 6.07) is -0.448. The van der Waals surface area contributed by atoms with Crippen LogP contribution in [-0.2, 0) is 18.8 Å². The molecule has 0 aliphatic carbocycles. The molecule has 10 nitrogen and oxygen atoms in total. The number of hydrogen-bond donors (Lipinski definition) is 1. The number of amides is 2. The fourth-order valence-electron chi connectivity index (χ4n) is 4.02. The molecular formula is C25H41BN4O6. The molecule has 2 unspecified atom stereocenters. The van der Waals surface area contributed by atoms with E-state index >= 15 is 0 Å². The van der Waals surface area contributed by atoms with E-state index in [1.54, 1.807) is 38.1 Å². The van der Waals surface area contributed by atoms with Crippen LogP contribution in [0.25, 0.3) is 0 Å². The summed E-state index contributed by atoms with van der Waals surface area (Å²) in [5.41, 5.74) is -0.820. The van der Waals surface area contributed by atoms with E-state index in [0.29, 0.717) is 13.1 Å². The molecule has 2 aliphatic rings. The van der Waals surface area contributed by atoms with Crippen LogP contribution in [0.3, 0.4) is 0 Å². The largest absolute Gasteiger partial charge is 0.498 e. The Kier molecular flexibility index (Phi) is 8.25. The second-order valence-electron chi connectivity index (χ2n) is 11.9. The SMILES string of the molecule is CC(C)C(NC(=O)OC(C)(C)C)C(=O)N1CCCC(Oc2ncc(B3OC(C)(C)C(C)(C)O3)cn2)C1. The molecule has 0 saturated carbocycles. The lowest BCUT2D eigenvalue weighted by atomic mass is 9.81. The van der Waals surface area contributed by atoms with Crippen LogP contribution in [-0.4, -0.2) is 76.0 Å². The van der Waals surface area contributed by atoms with E-state index in [1.807, 2.05) is 41.5 Å². The summed E-state index contributed by atoms with van der Waals surface area (Å²) in [5, 5.41) is 2.74. The molecular weight excluding hydrogens is 463 g/mol. The van der Waals surface area contributed by atoms with Crippen molar-refractivity contribution >= 4 is 24.6 Å². The Morgan fingerprint density at radius 1 is 1.14 bits per heavy atom. The van der Waals surface area contributed by atoms with Gasteiger partial charge in [0, 0.05) is 24.4 Å². The van der Waals surface area contributed by atoms with E-state index in [-0.39, 0.29) is 23.9 Å². The van der Waals surface area contributed by atoms with Crippen molar-refractivity contribution in [1.82, 2.24) is 20.2 Å². The summed E-state index contributed by atoms with van der Waals surface area (Å²) in [6.07, 6.45) is 4.00. The molecule has 2 saturated heterocycles. The standard InChI is InChI=1S/C25H41BN4O6/c1-16(2)19(29-22(32)34-23(3,4)5)20(31)30-12-10-11-18(15-30)33-21-27-13-17(14-28-21)26-35-24(6,7)25(8,9)36-26/h13-14,16,18-19H,10-12,15H2,1-9H3,(H,29,32). The van der Waals surface area contributed by atoms with Gasteiger partial charge in [0.05, 0.1) is 17.7 Å². The molecule has 11 heteroatoms. The van der Waals surface area contributed by atoms with Gasteiger partial charge in [-0.05, 0) is 67.2 Å². The number of likely N-dealkylation sites (tertiary alicyclic amines) is 1. The monoisotopic (exact) mass is 504 g/mol. The van der Waals surface area contributed by atoms with Crippen LogP contribution in [0, 0.1) is 5.92 Å². The minimum Gasteiger partial charge on any atom is -0.458 e. The quantitative estimate of drug-likeness (QED) is 0.589. The molecule has 3 rings (SSSR count). The number of nitrogens with one attached hydrogen (secondary N) is 1. The van der Waals surface area contributed by atoms with Crippen molar-refractivity contribution < 1.29 is 28.4 Å². The van der Waals surface area contributed by atoms with E-state index in [2.05, 4.69) is 15.3 Å². The Hall–Kier alpha value is -2.40. The number of carbonyl (C=O) groups is 2. The van der Waals surface area contributed by atoms with Gasteiger partial charge in [-0.15, -0.1) is 0 Å². The van der Waals surface area contributed by atoms with Gasteiger partial charge in [0.25, 0.3) is 0 Å². The average Bonchev–Trinajstić information content (AvgIpc) is 2.98. The number of aromatic nitrogens is 2. The predicted octanol–water partition coefficient (Wildman–Crippen LogP) is 2.69. The molecule has 1 N–H and O–H groups in total. The van der Waals surface area contributed by atoms with Gasteiger partial charge in [0.2, 0.25) is 5.91 Å². The second kappa shape index (κ2) is 10.5. The molecule has 200 valence electrons. The van der Waals surface area contributed by atoms with Gasteiger partial charge >= 0.3 is 19.2 Å². The molecule has 2 fully saturated rings. The highest BCUT2D eigenvalue weighted by molar-refractivity contribution is 6.61. The zero-order valence-corrected chi connectivity index (χ0v) is 23.1. The number of alkyl carbamates (subject to hydrolysis) is 1. The van der Waals surface area contributed by atoms with Crippen molar-refractivity contribution in [3.63, 3.8) is 0 Å². The lowest BCUT2D eigenvalue weighted by molar-refractivity contribution is -0.137. The third kappa shape index (κ3) is 6.88. The number of hydrogen-bond acceptors (Lipinski definition) is 8. The number of carbonyl (C=O) groups excluding carboxylic acids is 2. The summed E-state index contributed by atoms with van der Waals surface area (Å²) in [6.45, 7) is 18.1. The molecule has 2 aliphatic heterocycles. The third-order valence-electron chi connectivity index (χ3n) is 6.74. The summed E-state index contributed by atoms with van der Waals surface area (Å²) in [5.74, 6) is -0.252. The van der Waals surface area contributed by atoms with Crippen molar-refractivity contribution in [2.75, 3.05) is 13.1 Å². The third-order valence-corrected chi connectivity index (χ3v) is 6.74. The van der Waals surface area contributed by atoms with Crippen molar-refractivity contribution in [1.29, 1.82) is 0 Å². The Balaban J connectivity index is 1.59. The van der Waals surface area contributed by atoms with E-state index < -0.39 is 36.1 Å². The minimum absolute atomic E-state index is 0.0998. The molecule has 0 aromatic carbocycles. The van der Waals surface area contributed by atoms with E-state index in [4.69, 9.17) is 18.8 Å². The summed E-state index contributed by atoms with van der Waals surface area (Å²) >= 11 is 0. The Labute approximate surface area is 215 Å². The summed E-state index contributed by atoms with van der Waals surface area (Å²) in [4.78, 5) is 36.0. The fourth-order valence-corrected chi connectivity index (χ4v) is 4.02. The highest BCUT2D eigenvalue weighted by atomic mass is 16.7. The van der Waals surface area contributed by atoms with Crippen molar-refractivity contribution in [3.05, 3.63) is 12.4 Å². The van der Waals surface area contributed by atoms with Gasteiger partial charge in [-0.25, -0.2) is 14.8 Å². The van der Waals surface area contributed by atoms with Gasteiger partial charge in [0.15, 0.2) is 0 Å². The molecule has 0 bridgehead atoms. The molecule has 2 amide bonds. The molecule has 2 atom stereocenters. The van der Waals surface area contributed by atoms with Crippen LogP contribution in [0.1, 0.15) is 75.2 Å². The zero-order valence-electron chi connectivity index (χ0n) is 23.1. The first-order chi connectivity index (χ1) is 16.6. The van der Waals surface area contributed by atoms with Crippen LogP contribution in [0.5, 0.6) is 6.01 Å². The summed E-state index contributed by atoms with van der Waals surface area (Å²) in [7, 11) is -0.544. The number of piperidine rings is 1. The maximum absolute atomic E-state index is 13.3. The van der Waals surface area contributed by atoms with Crippen molar-refractivity contribution in [2.45, 2.75) is 104 Å². The van der Waals surface area contributed by atoms with Crippen LogP contribution >= 0.6 is 0 Å². The van der Waals surface area contributed by atoms with Crippen LogP contribution < -0.4 is 15.5 Å². The maximum atomic E-state index is 13.3. The first-order valence-corrected chi connectivity index (χ1v) is 12.7. The Morgan fingerprint density at radius 3 is 2.25 bits per heavy atom. The predicted molar refractivity (Wildman–Crippen MR) is 136 cm³/mol. The van der Waals surface area contributed by atoms with Gasteiger partial charge in [0.1, 0.15) is 17.7 Å². The maximum Gasteiger partial charge on any atom is 0.498 e. The van der Waals surface area contributed by atoms with Gasteiger partial charge < -0.3 is 29.0 Å². The number of nitrogens with zero attached hydrogens (tertiary/aromatic N) is 3. The smallest absolute Gasteiger partial charge is 0.458 e. The first kappa shape index (κ1) is 28.2.